The number of hydrogen-bond acceptors (Lipinski definition) is 10. The molecular formula is C25H30NO9S+. The van der Waals surface area contributed by atoms with E-state index in [0.717, 1.165) is 16.3 Å². The SMILES string of the molecule is CO[n+]1ccccc1SCc1ccc(OC2CC(OC(C)=O)C(OC(C)=O)C(COC(C)=O)O2)cc1. The van der Waals surface area contributed by atoms with Gasteiger partial charge in [-0.3, -0.25) is 19.2 Å². The van der Waals surface area contributed by atoms with E-state index in [9.17, 15) is 14.4 Å². The number of aromatic nitrogens is 1. The normalized spacial score (nSPS) is 21.2. The minimum absolute atomic E-state index is 0.122. The summed E-state index contributed by atoms with van der Waals surface area (Å²) in [7, 11) is 1.61. The first-order valence-corrected chi connectivity index (χ1v) is 12.3. The lowest BCUT2D eigenvalue weighted by molar-refractivity contribution is -0.913. The van der Waals surface area contributed by atoms with Crippen LogP contribution in [0.4, 0.5) is 0 Å². The van der Waals surface area contributed by atoms with E-state index >= 15 is 0 Å². The van der Waals surface area contributed by atoms with Gasteiger partial charge in [-0.15, -0.1) is 0 Å². The van der Waals surface area contributed by atoms with Gasteiger partial charge in [0.2, 0.25) is 12.5 Å². The van der Waals surface area contributed by atoms with E-state index in [2.05, 4.69) is 0 Å². The average molecular weight is 521 g/mol. The summed E-state index contributed by atoms with van der Waals surface area (Å²) in [6, 6.07) is 13.3. The maximum absolute atomic E-state index is 11.7. The van der Waals surface area contributed by atoms with Crippen molar-refractivity contribution < 1.29 is 47.6 Å². The van der Waals surface area contributed by atoms with E-state index in [1.54, 1.807) is 23.6 Å². The van der Waals surface area contributed by atoms with Crippen LogP contribution in [0.3, 0.4) is 0 Å². The number of benzene rings is 1. The molecule has 11 heteroatoms. The van der Waals surface area contributed by atoms with Crippen molar-refractivity contribution in [3.8, 4) is 5.75 Å². The highest BCUT2D eigenvalue weighted by Gasteiger charge is 2.44. The second-order valence-electron chi connectivity index (χ2n) is 7.96. The number of nitrogens with zero attached hydrogens (tertiary/aromatic N) is 1. The quantitative estimate of drug-likeness (QED) is 0.200. The average Bonchev–Trinajstić information content (AvgIpc) is 2.83. The van der Waals surface area contributed by atoms with Crippen LogP contribution >= 0.6 is 11.8 Å². The first-order valence-electron chi connectivity index (χ1n) is 11.3. The molecule has 1 aromatic carbocycles. The van der Waals surface area contributed by atoms with Crippen molar-refractivity contribution in [1.29, 1.82) is 0 Å². The van der Waals surface area contributed by atoms with Crippen LogP contribution in [0.5, 0.6) is 5.75 Å². The predicted molar refractivity (Wildman–Crippen MR) is 127 cm³/mol. The summed E-state index contributed by atoms with van der Waals surface area (Å²) in [5.41, 5.74) is 1.07. The molecule has 1 aromatic heterocycles. The van der Waals surface area contributed by atoms with Crippen molar-refractivity contribution in [3.63, 3.8) is 0 Å². The van der Waals surface area contributed by atoms with Gasteiger partial charge in [0, 0.05) is 43.4 Å². The van der Waals surface area contributed by atoms with E-state index in [0.29, 0.717) is 5.75 Å². The fourth-order valence-electron chi connectivity index (χ4n) is 3.62. The molecule has 10 nitrogen and oxygen atoms in total. The Labute approximate surface area is 213 Å². The zero-order valence-corrected chi connectivity index (χ0v) is 21.4. The molecule has 2 heterocycles. The van der Waals surface area contributed by atoms with Gasteiger partial charge in [-0.05, 0) is 35.5 Å². The van der Waals surface area contributed by atoms with Crippen LogP contribution in [-0.2, 0) is 39.1 Å². The molecule has 0 aliphatic carbocycles. The van der Waals surface area contributed by atoms with E-state index in [-0.39, 0.29) is 13.0 Å². The molecule has 194 valence electrons. The topological polar surface area (TPSA) is 110 Å². The third kappa shape index (κ3) is 8.13. The first-order chi connectivity index (χ1) is 17.2. The highest BCUT2D eigenvalue weighted by atomic mass is 32.2. The number of rotatable bonds is 10. The van der Waals surface area contributed by atoms with E-state index in [1.165, 1.54) is 20.8 Å². The fraction of sp³-hybridized carbons (Fsp3) is 0.440. The summed E-state index contributed by atoms with van der Waals surface area (Å²) in [6.07, 6.45) is -1.52. The van der Waals surface area contributed by atoms with Gasteiger partial charge in [0.1, 0.15) is 31.7 Å². The molecule has 0 N–H and O–H groups in total. The minimum atomic E-state index is -0.946. The van der Waals surface area contributed by atoms with Crippen molar-refractivity contribution >= 4 is 29.7 Å². The zero-order chi connectivity index (χ0) is 26.1. The molecule has 2 aromatic rings. The maximum atomic E-state index is 11.7. The number of carbonyl (C=O) groups is 3. The van der Waals surface area contributed by atoms with E-state index in [1.807, 2.05) is 48.7 Å². The Hall–Kier alpha value is -3.31. The molecule has 3 rings (SSSR count). The van der Waals surface area contributed by atoms with Crippen molar-refractivity contribution in [2.75, 3.05) is 13.7 Å². The number of carbonyl (C=O) groups excluding carboxylic acids is 3. The lowest BCUT2D eigenvalue weighted by atomic mass is 10.0. The summed E-state index contributed by atoms with van der Waals surface area (Å²) in [5, 5.41) is 0.966. The van der Waals surface area contributed by atoms with Gasteiger partial charge in [0.05, 0.1) is 6.42 Å². The van der Waals surface area contributed by atoms with Gasteiger partial charge >= 0.3 is 17.9 Å². The Morgan fingerprint density at radius 1 is 1.00 bits per heavy atom. The summed E-state index contributed by atoms with van der Waals surface area (Å²) >= 11 is 1.63. The lowest BCUT2D eigenvalue weighted by Crippen LogP contribution is -2.54. The monoisotopic (exact) mass is 520 g/mol. The Balaban J connectivity index is 1.67. The summed E-state index contributed by atoms with van der Waals surface area (Å²) in [6.45, 7) is 3.57. The maximum Gasteiger partial charge on any atom is 0.303 e. The molecule has 4 unspecified atom stereocenters. The fourth-order valence-corrected chi connectivity index (χ4v) is 4.57. The number of ether oxygens (including phenoxy) is 5. The van der Waals surface area contributed by atoms with Gasteiger partial charge in [-0.2, -0.15) is 0 Å². The minimum Gasteiger partial charge on any atom is -0.465 e. The largest absolute Gasteiger partial charge is 0.465 e. The van der Waals surface area contributed by atoms with Gasteiger partial charge in [0.25, 0.3) is 5.03 Å². The molecule has 1 aliphatic rings. The van der Waals surface area contributed by atoms with Crippen LogP contribution < -0.4 is 14.3 Å². The van der Waals surface area contributed by atoms with Crippen molar-refractivity contribution in [3.05, 3.63) is 54.2 Å². The van der Waals surface area contributed by atoms with E-state index in [4.69, 9.17) is 28.5 Å². The molecule has 1 aliphatic heterocycles. The molecule has 1 saturated heterocycles. The van der Waals surface area contributed by atoms with Crippen LogP contribution in [0.25, 0.3) is 0 Å². The predicted octanol–water partition coefficient (Wildman–Crippen LogP) is 2.25. The summed E-state index contributed by atoms with van der Waals surface area (Å²) in [5.74, 6) is -0.380. The molecule has 36 heavy (non-hydrogen) atoms. The highest BCUT2D eigenvalue weighted by Crippen LogP contribution is 2.29. The highest BCUT2D eigenvalue weighted by molar-refractivity contribution is 7.98. The molecule has 0 saturated carbocycles. The number of pyridine rings is 1. The van der Waals surface area contributed by atoms with Gasteiger partial charge in [-0.1, -0.05) is 12.1 Å². The number of esters is 3. The molecule has 1 fully saturated rings. The van der Waals surface area contributed by atoms with Gasteiger partial charge in [0.15, 0.2) is 6.10 Å². The Bertz CT molecular complexity index is 1050. The smallest absolute Gasteiger partial charge is 0.303 e. The van der Waals surface area contributed by atoms with E-state index < -0.39 is 42.5 Å². The number of hydrogen-bond donors (Lipinski definition) is 0. The molecule has 4 atom stereocenters. The lowest BCUT2D eigenvalue weighted by Gasteiger charge is -2.39. The van der Waals surface area contributed by atoms with Crippen LogP contribution in [0.1, 0.15) is 32.8 Å². The second kappa shape index (κ2) is 13.1. The Kier molecular flexibility index (Phi) is 9.95. The Morgan fingerprint density at radius 2 is 1.72 bits per heavy atom. The van der Waals surface area contributed by atoms with Gasteiger partial charge < -0.3 is 23.7 Å². The molecule has 0 amide bonds. The summed E-state index contributed by atoms with van der Waals surface area (Å²) in [4.78, 5) is 40.0. The summed E-state index contributed by atoms with van der Waals surface area (Å²) < 4.78 is 29.4. The molecule has 0 spiro atoms. The van der Waals surface area contributed by atoms with Crippen LogP contribution in [-0.4, -0.2) is 56.2 Å². The standard InChI is InChI=1S/C25H30NO9S/c1-16(27)31-14-22-25(33-18(3)29)21(32-17(2)28)13-24(35-22)34-20-10-8-19(9-11-20)15-36-23-7-5-6-12-26(23)30-4/h5-12,21-22,24-25H,13-15H2,1-4H3/q+1. The molecular weight excluding hydrogens is 490 g/mol. The number of thioether (sulfide) groups is 1. The zero-order valence-electron chi connectivity index (χ0n) is 20.6. The Morgan fingerprint density at radius 3 is 2.36 bits per heavy atom. The van der Waals surface area contributed by atoms with Crippen LogP contribution in [0.2, 0.25) is 0 Å². The molecule has 0 bridgehead atoms. The third-order valence-corrected chi connectivity index (χ3v) is 6.21. The van der Waals surface area contributed by atoms with Gasteiger partial charge in [-0.25, -0.2) is 0 Å². The van der Waals surface area contributed by atoms with Crippen molar-refractivity contribution in [2.24, 2.45) is 0 Å². The van der Waals surface area contributed by atoms with Crippen LogP contribution in [0, 0.1) is 0 Å². The molecule has 0 radical (unpaired) electrons. The second-order valence-corrected chi connectivity index (χ2v) is 8.96. The van der Waals surface area contributed by atoms with Crippen molar-refractivity contribution in [1.82, 2.24) is 0 Å². The first kappa shape index (κ1) is 27.3. The van der Waals surface area contributed by atoms with Crippen molar-refractivity contribution in [2.45, 2.75) is 62.6 Å². The van der Waals surface area contributed by atoms with Crippen LogP contribution in [0.15, 0.2) is 53.7 Å². The third-order valence-electron chi connectivity index (χ3n) is 5.12.